The van der Waals surface area contributed by atoms with Gasteiger partial charge < -0.3 is 11.1 Å². The summed E-state index contributed by atoms with van der Waals surface area (Å²) in [7, 11) is 0. The van der Waals surface area contributed by atoms with E-state index in [1.165, 1.54) is 11.8 Å². The maximum Gasteiger partial charge on any atom is 0.237 e. The van der Waals surface area contributed by atoms with Gasteiger partial charge in [0.2, 0.25) is 11.8 Å². The maximum atomic E-state index is 12.0. The smallest absolute Gasteiger partial charge is 0.237 e. The lowest BCUT2D eigenvalue weighted by atomic mass is 10.1. The number of hydrogen-bond acceptors (Lipinski definition) is 5. The quantitative estimate of drug-likeness (QED) is 0.697. The summed E-state index contributed by atoms with van der Waals surface area (Å²) in [6, 6.07) is 7.89. The highest BCUT2D eigenvalue weighted by molar-refractivity contribution is 7.99. The fourth-order valence-corrected chi connectivity index (χ4v) is 2.99. The van der Waals surface area contributed by atoms with Crippen LogP contribution in [0.1, 0.15) is 25.8 Å². The monoisotopic (exact) mass is 361 g/mol. The molecular formula is C17H23N5O2S. The summed E-state index contributed by atoms with van der Waals surface area (Å²) in [5.41, 5.74) is 7.29. The number of benzene rings is 1. The number of aromatic nitrogens is 3. The second-order valence-electron chi connectivity index (χ2n) is 5.89. The van der Waals surface area contributed by atoms with Crippen molar-refractivity contribution in [1.82, 2.24) is 20.1 Å². The number of nitrogens with two attached hydrogens (primary N) is 1. The molecule has 0 bridgehead atoms. The molecule has 2 amide bonds. The van der Waals surface area contributed by atoms with Crippen molar-refractivity contribution in [3.05, 3.63) is 29.8 Å². The number of amides is 2. The summed E-state index contributed by atoms with van der Waals surface area (Å²) in [6.45, 7) is 5.91. The lowest BCUT2D eigenvalue weighted by Gasteiger charge is -2.11. The average Bonchev–Trinajstić information content (AvgIpc) is 2.94. The number of carbonyl (C=O) groups excluding carboxylic acids is 2. The van der Waals surface area contributed by atoms with Crippen molar-refractivity contribution < 1.29 is 9.59 Å². The first kappa shape index (κ1) is 19.0. The van der Waals surface area contributed by atoms with E-state index >= 15 is 0 Å². The van der Waals surface area contributed by atoms with Gasteiger partial charge in [0.05, 0.1) is 5.75 Å². The topological polar surface area (TPSA) is 103 Å². The number of aryl methyl sites for hydroxylation is 1. The van der Waals surface area contributed by atoms with Crippen molar-refractivity contribution in [2.24, 2.45) is 5.73 Å². The minimum Gasteiger partial charge on any atom is -0.368 e. The van der Waals surface area contributed by atoms with Crippen molar-refractivity contribution in [1.29, 1.82) is 0 Å². The van der Waals surface area contributed by atoms with Crippen LogP contribution in [0.25, 0.3) is 11.4 Å². The van der Waals surface area contributed by atoms with Crippen LogP contribution in [0.4, 0.5) is 0 Å². The van der Waals surface area contributed by atoms with E-state index in [1.54, 1.807) is 4.57 Å². The molecule has 1 aromatic carbocycles. The number of hydrogen-bond donors (Lipinski definition) is 2. The highest BCUT2D eigenvalue weighted by Crippen LogP contribution is 2.24. The molecule has 7 nitrogen and oxygen atoms in total. The van der Waals surface area contributed by atoms with Gasteiger partial charge in [0.25, 0.3) is 0 Å². The summed E-state index contributed by atoms with van der Waals surface area (Å²) in [5, 5.41) is 11.7. The Morgan fingerprint density at radius 3 is 2.76 bits per heavy atom. The Hall–Kier alpha value is -2.35. The van der Waals surface area contributed by atoms with Crippen LogP contribution in [0.15, 0.2) is 29.4 Å². The number of primary amides is 1. The van der Waals surface area contributed by atoms with Crippen LogP contribution < -0.4 is 11.1 Å². The van der Waals surface area contributed by atoms with Crippen molar-refractivity contribution in [3.8, 4) is 11.4 Å². The summed E-state index contributed by atoms with van der Waals surface area (Å²) in [6.07, 6.45) is 0.867. The third kappa shape index (κ3) is 5.32. The number of rotatable bonds is 8. The molecule has 0 spiro atoms. The highest BCUT2D eigenvalue weighted by Gasteiger charge is 2.17. The Morgan fingerprint density at radius 1 is 1.36 bits per heavy atom. The maximum absolute atomic E-state index is 12.0. The van der Waals surface area contributed by atoms with E-state index in [2.05, 4.69) is 15.5 Å². The van der Waals surface area contributed by atoms with Gasteiger partial charge in [-0.15, -0.1) is 10.2 Å². The minimum absolute atomic E-state index is 0.0361. The van der Waals surface area contributed by atoms with Gasteiger partial charge in [-0.3, -0.25) is 14.2 Å². The summed E-state index contributed by atoms with van der Waals surface area (Å²) in [4.78, 5) is 23.4. The van der Waals surface area contributed by atoms with Gasteiger partial charge in [0.15, 0.2) is 11.0 Å². The summed E-state index contributed by atoms with van der Waals surface area (Å²) < 4.78 is 1.65. The van der Waals surface area contributed by atoms with Crippen LogP contribution in [0.5, 0.6) is 0 Å². The molecule has 1 aromatic heterocycles. The zero-order chi connectivity index (χ0) is 18.4. The van der Waals surface area contributed by atoms with Crippen LogP contribution in [0, 0.1) is 6.92 Å². The molecule has 25 heavy (non-hydrogen) atoms. The van der Waals surface area contributed by atoms with Crippen LogP contribution >= 0.6 is 11.8 Å². The van der Waals surface area contributed by atoms with Gasteiger partial charge in [-0.25, -0.2) is 0 Å². The van der Waals surface area contributed by atoms with E-state index in [-0.39, 0.29) is 24.2 Å². The lowest BCUT2D eigenvalue weighted by molar-refractivity contribution is -0.119. The first-order valence-corrected chi connectivity index (χ1v) is 9.10. The molecule has 2 aromatic rings. The summed E-state index contributed by atoms with van der Waals surface area (Å²) in [5.74, 6) is 0.201. The van der Waals surface area contributed by atoms with Gasteiger partial charge >= 0.3 is 0 Å². The van der Waals surface area contributed by atoms with Gasteiger partial charge in [0, 0.05) is 11.6 Å². The van der Waals surface area contributed by atoms with Gasteiger partial charge in [-0.05, 0) is 26.3 Å². The zero-order valence-electron chi connectivity index (χ0n) is 14.7. The van der Waals surface area contributed by atoms with E-state index in [0.717, 1.165) is 17.5 Å². The molecule has 0 unspecified atom stereocenters. The number of nitrogens with one attached hydrogen (secondary N) is 1. The molecular weight excluding hydrogens is 338 g/mol. The zero-order valence-corrected chi connectivity index (χ0v) is 15.5. The molecule has 0 radical (unpaired) electrons. The first-order chi connectivity index (χ1) is 11.9. The highest BCUT2D eigenvalue weighted by atomic mass is 32.2. The molecule has 8 heteroatoms. The van der Waals surface area contributed by atoms with Crippen LogP contribution in [-0.4, -0.2) is 38.4 Å². The van der Waals surface area contributed by atoms with E-state index in [9.17, 15) is 9.59 Å². The van der Waals surface area contributed by atoms with Crippen LogP contribution in [0.2, 0.25) is 0 Å². The van der Waals surface area contributed by atoms with Crippen molar-refractivity contribution >= 4 is 23.6 Å². The van der Waals surface area contributed by atoms with Crippen LogP contribution in [0.3, 0.4) is 0 Å². The predicted molar refractivity (Wildman–Crippen MR) is 98.0 cm³/mol. The Balaban J connectivity index is 2.21. The van der Waals surface area contributed by atoms with Crippen molar-refractivity contribution in [3.63, 3.8) is 0 Å². The molecule has 0 aliphatic heterocycles. The third-order valence-electron chi connectivity index (χ3n) is 3.66. The fraction of sp³-hybridized carbons (Fsp3) is 0.412. The Bertz CT molecular complexity index is 759. The second-order valence-corrected chi connectivity index (χ2v) is 6.84. The van der Waals surface area contributed by atoms with E-state index in [0.29, 0.717) is 11.0 Å². The molecule has 0 fully saturated rings. The minimum atomic E-state index is -0.486. The van der Waals surface area contributed by atoms with Crippen molar-refractivity contribution in [2.45, 2.75) is 44.9 Å². The number of nitrogens with zero attached hydrogens (tertiary/aromatic N) is 3. The van der Waals surface area contributed by atoms with Gasteiger partial charge in [0.1, 0.15) is 6.54 Å². The Labute approximate surface area is 151 Å². The van der Waals surface area contributed by atoms with E-state index in [4.69, 9.17) is 5.73 Å². The second kappa shape index (κ2) is 8.66. The molecule has 134 valence electrons. The van der Waals surface area contributed by atoms with Gasteiger partial charge in [-0.2, -0.15) is 0 Å². The molecule has 0 saturated carbocycles. The van der Waals surface area contributed by atoms with Crippen molar-refractivity contribution in [2.75, 3.05) is 5.75 Å². The van der Waals surface area contributed by atoms with Gasteiger partial charge in [-0.1, -0.05) is 42.4 Å². The standard InChI is InChI=1S/C17H23N5O2S/c1-4-12(3)19-15(24)10-25-17-21-20-16(22(17)9-14(18)23)13-7-5-6-11(2)8-13/h5-8,12H,4,9-10H2,1-3H3,(H2,18,23)(H,19,24)/t12-/m1/s1. The first-order valence-electron chi connectivity index (χ1n) is 8.11. The number of carbonyl (C=O) groups is 2. The lowest BCUT2D eigenvalue weighted by Crippen LogP contribution is -2.33. The number of thioether (sulfide) groups is 1. The third-order valence-corrected chi connectivity index (χ3v) is 4.63. The molecule has 2 rings (SSSR count). The Kier molecular flexibility index (Phi) is 6.58. The molecule has 3 N–H and O–H groups in total. The molecule has 0 aliphatic rings. The normalized spacial score (nSPS) is 12.0. The summed E-state index contributed by atoms with van der Waals surface area (Å²) >= 11 is 1.24. The predicted octanol–water partition coefficient (Wildman–Crippen LogP) is 1.75. The SMILES string of the molecule is CC[C@@H](C)NC(=O)CSc1nnc(-c2cccc(C)c2)n1CC(N)=O. The van der Waals surface area contributed by atoms with E-state index < -0.39 is 5.91 Å². The largest absolute Gasteiger partial charge is 0.368 e. The molecule has 1 atom stereocenters. The fourth-order valence-electron chi connectivity index (χ4n) is 2.24. The molecule has 0 aliphatic carbocycles. The Morgan fingerprint density at radius 2 is 2.12 bits per heavy atom. The average molecular weight is 361 g/mol. The van der Waals surface area contributed by atoms with E-state index in [1.807, 2.05) is 45.0 Å². The molecule has 0 saturated heterocycles. The molecule has 1 heterocycles. The van der Waals surface area contributed by atoms with Crippen LogP contribution in [-0.2, 0) is 16.1 Å².